The molecule has 4 heteroatoms. The Morgan fingerprint density at radius 1 is 1.30 bits per heavy atom. The van der Waals surface area contributed by atoms with Crippen LogP contribution in [0.1, 0.15) is 33.6 Å². The van der Waals surface area contributed by atoms with Gasteiger partial charge < -0.3 is 10.1 Å². The molecule has 0 heterocycles. The van der Waals surface area contributed by atoms with Gasteiger partial charge in [0.2, 0.25) is 0 Å². The first-order chi connectivity index (χ1) is 9.46. The molecular weight excluding hydrogens is 334 g/mol. The second kappa shape index (κ2) is 9.08. The van der Waals surface area contributed by atoms with E-state index < -0.39 is 0 Å². The minimum Gasteiger partial charge on any atom is -0.379 e. The molecule has 2 nitrogen and oxygen atoms in total. The number of hydrogen-bond acceptors (Lipinski definition) is 3. The van der Waals surface area contributed by atoms with E-state index in [0.717, 1.165) is 29.6 Å². The van der Waals surface area contributed by atoms with E-state index in [4.69, 9.17) is 4.74 Å². The number of hydrogen-bond donors (Lipinski definition) is 1. The van der Waals surface area contributed by atoms with Crippen molar-refractivity contribution in [3.63, 3.8) is 0 Å². The maximum absolute atomic E-state index is 5.50. The molecule has 0 saturated heterocycles. The van der Waals surface area contributed by atoms with Gasteiger partial charge in [-0.1, -0.05) is 22.9 Å². The number of benzene rings is 1. The van der Waals surface area contributed by atoms with Gasteiger partial charge in [-0.3, -0.25) is 0 Å². The molecule has 0 aliphatic carbocycles. The fourth-order valence-electron chi connectivity index (χ4n) is 1.88. The van der Waals surface area contributed by atoms with Crippen LogP contribution < -0.4 is 5.32 Å². The molecule has 0 saturated carbocycles. The highest BCUT2D eigenvalue weighted by atomic mass is 79.9. The Bertz CT molecular complexity index is 381. The lowest BCUT2D eigenvalue weighted by Gasteiger charge is -2.26. The topological polar surface area (TPSA) is 21.3 Å². The Labute approximate surface area is 136 Å². The van der Waals surface area contributed by atoms with Crippen LogP contribution in [-0.2, 0) is 4.74 Å². The largest absolute Gasteiger partial charge is 0.379 e. The molecule has 0 spiro atoms. The summed E-state index contributed by atoms with van der Waals surface area (Å²) >= 11 is 5.38. The van der Waals surface area contributed by atoms with Crippen LogP contribution in [0.25, 0.3) is 0 Å². The molecule has 1 unspecified atom stereocenters. The Kier molecular flexibility index (Phi) is 8.18. The summed E-state index contributed by atoms with van der Waals surface area (Å²) in [6.07, 6.45) is 2.21. The number of halogens is 1. The molecule has 0 aliphatic heterocycles. The number of methoxy groups -OCH3 is 1. The minimum absolute atomic E-state index is 0.0318. The SMILES string of the molecule is CCNC(CCC(C)(C)OC)CSc1ccc(Br)cc1. The van der Waals surface area contributed by atoms with Crippen molar-refractivity contribution in [1.82, 2.24) is 5.32 Å². The third-order valence-electron chi connectivity index (χ3n) is 3.41. The highest BCUT2D eigenvalue weighted by Crippen LogP contribution is 2.24. The summed E-state index contributed by atoms with van der Waals surface area (Å²) in [7, 11) is 1.79. The molecule has 0 amide bonds. The predicted octanol–water partition coefficient (Wildman–Crippen LogP) is 4.72. The number of thioether (sulfide) groups is 1. The van der Waals surface area contributed by atoms with Gasteiger partial charge in [0.25, 0.3) is 0 Å². The van der Waals surface area contributed by atoms with Crippen LogP contribution >= 0.6 is 27.7 Å². The van der Waals surface area contributed by atoms with Gasteiger partial charge in [-0.2, -0.15) is 0 Å². The lowest BCUT2D eigenvalue weighted by Crippen LogP contribution is -2.34. The van der Waals surface area contributed by atoms with E-state index in [1.54, 1.807) is 7.11 Å². The summed E-state index contributed by atoms with van der Waals surface area (Å²) in [5.74, 6) is 1.09. The van der Waals surface area contributed by atoms with E-state index in [9.17, 15) is 0 Å². The van der Waals surface area contributed by atoms with E-state index in [-0.39, 0.29) is 5.60 Å². The third kappa shape index (κ3) is 7.11. The first-order valence-electron chi connectivity index (χ1n) is 7.13. The Morgan fingerprint density at radius 3 is 2.50 bits per heavy atom. The Hall–Kier alpha value is -0.0300. The van der Waals surface area contributed by atoms with E-state index in [1.807, 2.05) is 11.8 Å². The first kappa shape index (κ1) is 18.0. The van der Waals surface area contributed by atoms with Crippen molar-refractivity contribution >= 4 is 27.7 Å². The number of ether oxygens (including phenoxy) is 1. The molecule has 1 atom stereocenters. The summed E-state index contributed by atoms with van der Waals surface area (Å²) in [6, 6.07) is 9.05. The monoisotopic (exact) mass is 359 g/mol. The van der Waals surface area contributed by atoms with Crippen molar-refractivity contribution < 1.29 is 4.74 Å². The van der Waals surface area contributed by atoms with Gasteiger partial charge in [-0.05, 0) is 57.5 Å². The third-order valence-corrected chi connectivity index (χ3v) is 5.11. The van der Waals surface area contributed by atoms with E-state index in [0.29, 0.717) is 6.04 Å². The van der Waals surface area contributed by atoms with Gasteiger partial charge in [0, 0.05) is 28.3 Å². The first-order valence-corrected chi connectivity index (χ1v) is 8.91. The fourth-order valence-corrected chi connectivity index (χ4v) is 3.16. The summed E-state index contributed by atoms with van der Waals surface area (Å²) < 4.78 is 6.63. The summed E-state index contributed by atoms with van der Waals surface area (Å²) in [6.45, 7) is 7.48. The molecule has 1 rings (SSSR count). The molecule has 20 heavy (non-hydrogen) atoms. The van der Waals surface area contributed by atoms with Crippen molar-refractivity contribution in [3.8, 4) is 0 Å². The Morgan fingerprint density at radius 2 is 1.95 bits per heavy atom. The Balaban J connectivity index is 2.44. The van der Waals surface area contributed by atoms with Crippen molar-refractivity contribution in [1.29, 1.82) is 0 Å². The zero-order valence-electron chi connectivity index (χ0n) is 12.9. The van der Waals surface area contributed by atoms with Crippen LogP contribution in [0.2, 0.25) is 0 Å². The fraction of sp³-hybridized carbons (Fsp3) is 0.625. The average Bonchev–Trinajstić information content (AvgIpc) is 2.44. The normalized spacial score (nSPS) is 13.4. The van der Waals surface area contributed by atoms with Crippen molar-refractivity contribution in [3.05, 3.63) is 28.7 Å². The maximum Gasteiger partial charge on any atom is 0.0623 e. The van der Waals surface area contributed by atoms with Gasteiger partial charge >= 0.3 is 0 Å². The lowest BCUT2D eigenvalue weighted by atomic mass is 9.99. The second-order valence-electron chi connectivity index (χ2n) is 5.52. The zero-order chi connectivity index (χ0) is 15.0. The van der Waals surface area contributed by atoms with Crippen LogP contribution in [-0.4, -0.2) is 31.1 Å². The van der Waals surface area contributed by atoms with E-state index in [2.05, 4.69) is 66.3 Å². The lowest BCUT2D eigenvalue weighted by molar-refractivity contribution is 0.0122. The molecule has 0 radical (unpaired) electrons. The highest BCUT2D eigenvalue weighted by Gasteiger charge is 2.19. The quantitative estimate of drug-likeness (QED) is 0.644. The van der Waals surface area contributed by atoms with Gasteiger partial charge in [-0.15, -0.1) is 11.8 Å². The van der Waals surface area contributed by atoms with E-state index >= 15 is 0 Å². The summed E-state index contributed by atoms with van der Waals surface area (Å²) in [5.41, 5.74) is -0.0318. The molecular formula is C16H26BrNOS. The van der Waals surface area contributed by atoms with Crippen LogP contribution in [0.15, 0.2) is 33.6 Å². The second-order valence-corrected chi connectivity index (χ2v) is 7.53. The highest BCUT2D eigenvalue weighted by molar-refractivity contribution is 9.10. The van der Waals surface area contributed by atoms with Crippen molar-refractivity contribution in [2.45, 2.75) is 50.2 Å². The van der Waals surface area contributed by atoms with Gasteiger partial charge in [-0.25, -0.2) is 0 Å². The molecule has 0 fully saturated rings. The zero-order valence-corrected chi connectivity index (χ0v) is 15.3. The van der Waals surface area contributed by atoms with Crippen LogP contribution in [0.3, 0.4) is 0 Å². The van der Waals surface area contributed by atoms with Crippen LogP contribution in [0.4, 0.5) is 0 Å². The smallest absolute Gasteiger partial charge is 0.0623 e. The van der Waals surface area contributed by atoms with Crippen LogP contribution in [0.5, 0.6) is 0 Å². The number of rotatable bonds is 9. The molecule has 1 aromatic rings. The maximum atomic E-state index is 5.50. The molecule has 114 valence electrons. The van der Waals surface area contributed by atoms with E-state index in [1.165, 1.54) is 4.90 Å². The van der Waals surface area contributed by atoms with Crippen molar-refractivity contribution in [2.24, 2.45) is 0 Å². The van der Waals surface area contributed by atoms with Gasteiger partial charge in [0.15, 0.2) is 0 Å². The predicted molar refractivity (Wildman–Crippen MR) is 92.7 cm³/mol. The molecule has 0 aliphatic rings. The molecule has 0 bridgehead atoms. The minimum atomic E-state index is -0.0318. The molecule has 0 aromatic heterocycles. The summed E-state index contributed by atoms with van der Waals surface area (Å²) in [4.78, 5) is 1.32. The van der Waals surface area contributed by atoms with Gasteiger partial charge in [0.05, 0.1) is 5.60 Å². The average molecular weight is 360 g/mol. The van der Waals surface area contributed by atoms with Crippen LogP contribution in [0, 0.1) is 0 Å². The molecule has 1 N–H and O–H groups in total. The summed E-state index contributed by atoms with van der Waals surface area (Å²) in [5, 5.41) is 3.58. The molecule has 1 aromatic carbocycles. The standard InChI is InChI=1S/C16H26BrNOS/c1-5-18-14(10-11-16(2,3)19-4)12-20-15-8-6-13(17)7-9-15/h6-9,14,18H,5,10-12H2,1-4H3. The van der Waals surface area contributed by atoms with Gasteiger partial charge in [0.1, 0.15) is 0 Å². The van der Waals surface area contributed by atoms with Crippen molar-refractivity contribution in [2.75, 3.05) is 19.4 Å². The number of nitrogens with one attached hydrogen (secondary N) is 1.